The number of ketones is 1. The number of rotatable bonds is 5. The molecule has 1 unspecified atom stereocenters. The normalized spacial score (nSPS) is 17.1. The number of carbonyl (C=O) groups excluding carboxylic acids is 2. The summed E-state index contributed by atoms with van der Waals surface area (Å²) in [6, 6.07) is 12.7. The smallest absolute Gasteiger partial charge is 0.300 e. The molecule has 4 rings (SSSR count). The topological polar surface area (TPSA) is 76.1 Å². The molecule has 1 saturated heterocycles. The van der Waals surface area contributed by atoms with Gasteiger partial charge in [-0.25, -0.2) is 4.39 Å². The highest BCUT2D eigenvalue weighted by Crippen LogP contribution is 2.48. The van der Waals surface area contributed by atoms with Gasteiger partial charge in [-0.3, -0.25) is 14.5 Å². The minimum Gasteiger partial charge on any atom is -0.507 e. The molecule has 1 aliphatic rings. The second-order valence-electron chi connectivity index (χ2n) is 7.85. The van der Waals surface area contributed by atoms with E-state index in [0.717, 1.165) is 5.56 Å². The summed E-state index contributed by atoms with van der Waals surface area (Å²) in [5, 5.41) is 11.5. The number of ether oxygens (including phenoxy) is 2. The zero-order valence-corrected chi connectivity index (χ0v) is 20.4. The highest BCUT2D eigenvalue weighted by Gasteiger charge is 2.47. The molecule has 0 aromatic heterocycles. The molecule has 3 aromatic rings. The fraction of sp³-hybridized carbons (Fsp3) is 0.154. The van der Waals surface area contributed by atoms with E-state index in [1.54, 1.807) is 18.2 Å². The van der Waals surface area contributed by atoms with E-state index >= 15 is 0 Å². The predicted molar refractivity (Wildman–Crippen MR) is 132 cm³/mol. The van der Waals surface area contributed by atoms with Crippen LogP contribution in [0, 0.1) is 12.7 Å². The van der Waals surface area contributed by atoms with Gasteiger partial charge in [0.15, 0.2) is 11.5 Å². The number of hydrogen-bond donors (Lipinski definition) is 1. The van der Waals surface area contributed by atoms with Crippen LogP contribution in [0.25, 0.3) is 5.76 Å². The third-order valence-electron chi connectivity index (χ3n) is 5.70. The lowest BCUT2D eigenvalue weighted by Crippen LogP contribution is -2.29. The van der Waals surface area contributed by atoms with Gasteiger partial charge in [0.2, 0.25) is 0 Å². The number of halogens is 3. The summed E-state index contributed by atoms with van der Waals surface area (Å²) in [6.07, 6.45) is 0. The fourth-order valence-electron chi connectivity index (χ4n) is 4.15. The Hall–Kier alpha value is -3.55. The molecule has 35 heavy (non-hydrogen) atoms. The van der Waals surface area contributed by atoms with Gasteiger partial charge < -0.3 is 14.6 Å². The van der Waals surface area contributed by atoms with Gasteiger partial charge in [-0.15, -0.1) is 0 Å². The van der Waals surface area contributed by atoms with Gasteiger partial charge in [-0.05, 0) is 42.8 Å². The van der Waals surface area contributed by atoms with E-state index in [1.807, 2.05) is 13.0 Å². The van der Waals surface area contributed by atoms with E-state index in [2.05, 4.69) is 0 Å². The first-order valence-electron chi connectivity index (χ1n) is 10.4. The molecule has 0 bridgehead atoms. The number of Topliss-reactive ketones (excluding diaryl/α,β-unsaturated/α-hetero) is 1. The number of benzene rings is 3. The summed E-state index contributed by atoms with van der Waals surface area (Å²) in [7, 11) is 2.71. The first-order chi connectivity index (χ1) is 16.7. The summed E-state index contributed by atoms with van der Waals surface area (Å²) >= 11 is 12.7. The predicted octanol–water partition coefficient (Wildman–Crippen LogP) is 6.08. The van der Waals surface area contributed by atoms with Crippen molar-refractivity contribution in [2.75, 3.05) is 19.1 Å². The van der Waals surface area contributed by atoms with E-state index in [9.17, 15) is 19.1 Å². The lowest BCUT2D eigenvalue weighted by Gasteiger charge is -2.26. The van der Waals surface area contributed by atoms with Crippen LogP contribution in [-0.2, 0) is 9.59 Å². The van der Waals surface area contributed by atoms with Gasteiger partial charge >= 0.3 is 0 Å². The number of aliphatic hydroxyl groups excluding tert-OH is 1. The number of hydrogen-bond acceptors (Lipinski definition) is 5. The third kappa shape index (κ3) is 4.22. The van der Waals surface area contributed by atoms with Crippen molar-refractivity contribution in [2.24, 2.45) is 0 Å². The Morgan fingerprint density at radius 1 is 1.00 bits per heavy atom. The fourth-order valence-corrected chi connectivity index (χ4v) is 4.83. The number of carbonyl (C=O) groups is 2. The van der Waals surface area contributed by atoms with Crippen LogP contribution >= 0.6 is 23.2 Å². The van der Waals surface area contributed by atoms with Crippen LogP contribution in [0.3, 0.4) is 0 Å². The SMILES string of the molecule is COc1c(Cl)cc(/C(O)=C2\C(=O)C(=O)N(c3ccc(F)cc3)C2c2cccc(C)c2)c(OC)c1Cl. The number of aliphatic hydroxyl groups is 1. The molecule has 1 aliphatic heterocycles. The molecule has 3 aromatic carbocycles. The summed E-state index contributed by atoms with van der Waals surface area (Å²) < 4.78 is 24.2. The number of methoxy groups -OCH3 is 2. The van der Waals surface area contributed by atoms with Crippen LogP contribution in [-0.4, -0.2) is 31.0 Å². The lowest BCUT2D eigenvalue weighted by molar-refractivity contribution is -0.132. The first-order valence-corrected chi connectivity index (χ1v) is 11.2. The van der Waals surface area contributed by atoms with Gasteiger partial charge in [0.25, 0.3) is 11.7 Å². The molecule has 1 atom stereocenters. The van der Waals surface area contributed by atoms with Crippen molar-refractivity contribution in [1.29, 1.82) is 0 Å². The van der Waals surface area contributed by atoms with Crippen LogP contribution in [0.5, 0.6) is 11.5 Å². The molecule has 1 amide bonds. The van der Waals surface area contributed by atoms with Crippen molar-refractivity contribution < 1.29 is 28.6 Å². The molecular weight excluding hydrogens is 496 g/mol. The average molecular weight is 516 g/mol. The minimum atomic E-state index is -1.01. The monoisotopic (exact) mass is 515 g/mol. The second kappa shape index (κ2) is 9.60. The standard InChI is InChI=1S/C26H20Cl2FNO5/c1-13-5-4-6-14(11-13)21-19(23(32)26(33)30(21)16-9-7-15(29)8-10-16)22(31)17-12-18(27)25(35-3)20(28)24(17)34-2/h4-12,21,31H,1-3H3/b22-19+. The number of nitrogens with zero attached hydrogens (tertiary/aromatic N) is 1. The van der Waals surface area contributed by atoms with Gasteiger partial charge in [0, 0.05) is 5.69 Å². The zero-order valence-electron chi connectivity index (χ0n) is 18.9. The molecule has 0 aliphatic carbocycles. The number of amides is 1. The summed E-state index contributed by atoms with van der Waals surface area (Å²) in [5.74, 6) is -2.68. The zero-order chi connectivity index (χ0) is 25.4. The van der Waals surface area contributed by atoms with Gasteiger partial charge in [0.1, 0.15) is 16.6 Å². The highest BCUT2D eigenvalue weighted by molar-refractivity contribution is 6.52. The quantitative estimate of drug-likeness (QED) is 0.253. The van der Waals surface area contributed by atoms with Crippen molar-refractivity contribution in [3.8, 4) is 11.5 Å². The Balaban J connectivity index is 2.02. The van der Waals surface area contributed by atoms with E-state index < -0.39 is 29.3 Å². The molecule has 0 saturated carbocycles. The van der Waals surface area contributed by atoms with E-state index in [0.29, 0.717) is 5.56 Å². The molecule has 1 heterocycles. The van der Waals surface area contributed by atoms with Crippen molar-refractivity contribution in [3.63, 3.8) is 0 Å². The summed E-state index contributed by atoms with van der Waals surface area (Å²) in [4.78, 5) is 27.8. The van der Waals surface area contributed by atoms with Gasteiger partial charge in [-0.2, -0.15) is 0 Å². The molecule has 6 nitrogen and oxygen atoms in total. The summed E-state index contributed by atoms with van der Waals surface area (Å²) in [5.41, 5.74) is 1.55. The van der Waals surface area contributed by atoms with Crippen molar-refractivity contribution in [3.05, 3.63) is 92.7 Å². The van der Waals surface area contributed by atoms with Crippen LogP contribution in [0.4, 0.5) is 10.1 Å². The molecule has 1 fully saturated rings. The van der Waals surface area contributed by atoms with Crippen LogP contribution in [0.15, 0.2) is 60.2 Å². The van der Waals surface area contributed by atoms with Gasteiger partial charge in [-0.1, -0.05) is 53.0 Å². The number of aryl methyl sites for hydroxylation is 1. The van der Waals surface area contributed by atoms with Crippen molar-refractivity contribution >= 4 is 46.3 Å². The van der Waals surface area contributed by atoms with E-state index in [4.69, 9.17) is 32.7 Å². The van der Waals surface area contributed by atoms with Crippen LogP contribution < -0.4 is 14.4 Å². The first kappa shape index (κ1) is 24.6. The summed E-state index contributed by atoms with van der Waals surface area (Å²) in [6.45, 7) is 1.86. The third-order valence-corrected chi connectivity index (χ3v) is 6.33. The molecule has 1 N–H and O–H groups in total. The Morgan fingerprint density at radius 2 is 1.66 bits per heavy atom. The Kier molecular flexibility index (Phi) is 6.74. The maximum atomic E-state index is 13.6. The molecular formula is C26H20Cl2FNO5. The lowest BCUT2D eigenvalue weighted by atomic mass is 9.94. The largest absolute Gasteiger partial charge is 0.507 e. The van der Waals surface area contributed by atoms with Crippen molar-refractivity contribution in [1.82, 2.24) is 0 Å². The highest BCUT2D eigenvalue weighted by atomic mass is 35.5. The Morgan fingerprint density at radius 3 is 2.26 bits per heavy atom. The van der Waals surface area contributed by atoms with Crippen LogP contribution in [0.2, 0.25) is 10.0 Å². The Bertz CT molecular complexity index is 1370. The van der Waals surface area contributed by atoms with E-state index in [1.165, 1.54) is 49.5 Å². The maximum absolute atomic E-state index is 13.6. The number of anilines is 1. The van der Waals surface area contributed by atoms with Crippen LogP contribution in [0.1, 0.15) is 22.7 Å². The molecule has 180 valence electrons. The minimum absolute atomic E-state index is 0.0103. The molecule has 0 radical (unpaired) electrons. The van der Waals surface area contributed by atoms with Crippen molar-refractivity contribution in [2.45, 2.75) is 13.0 Å². The average Bonchev–Trinajstić information content (AvgIpc) is 3.09. The Labute approximate surface area is 211 Å². The van der Waals surface area contributed by atoms with Gasteiger partial charge in [0.05, 0.1) is 36.4 Å². The maximum Gasteiger partial charge on any atom is 0.300 e. The molecule has 9 heteroatoms. The second-order valence-corrected chi connectivity index (χ2v) is 8.63. The molecule has 0 spiro atoms. The van der Waals surface area contributed by atoms with E-state index in [-0.39, 0.29) is 38.4 Å².